The molecule has 4 N–H and O–H groups in total. The van der Waals surface area contributed by atoms with Crippen LogP contribution in [0.15, 0.2) is 30.3 Å². The molecule has 2 unspecified atom stereocenters. The lowest BCUT2D eigenvalue weighted by molar-refractivity contribution is -0.129. The van der Waals surface area contributed by atoms with Crippen LogP contribution in [0.3, 0.4) is 0 Å². The van der Waals surface area contributed by atoms with Crippen LogP contribution in [-0.2, 0) is 14.4 Å². The third kappa shape index (κ3) is 6.57. The zero-order valence-electron chi connectivity index (χ0n) is 19.2. The number of nitrogens with one attached hydrogen (secondary N) is 4. The Bertz CT molecular complexity index is 1010. The Balaban J connectivity index is 1.76. The van der Waals surface area contributed by atoms with E-state index in [0.717, 1.165) is 10.9 Å². The second kappa shape index (κ2) is 10.4. The van der Waals surface area contributed by atoms with Crippen molar-refractivity contribution in [2.45, 2.75) is 52.1 Å². The van der Waals surface area contributed by atoms with Crippen LogP contribution in [0.4, 0.5) is 0 Å². The van der Waals surface area contributed by atoms with Crippen molar-refractivity contribution in [3.63, 3.8) is 0 Å². The number of hydrogen-bond acceptors (Lipinski definition) is 4. The van der Waals surface area contributed by atoms with Gasteiger partial charge in [-0.2, -0.15) is 0 Å². The number of hydrogen-bond donors (Lipinski definition) is 4. The fraction of sp³-hybridized carbons (Fsp3) is 0.500. The van der Waals surface area contributed by atoms with E-state index >= 15 is 0 Å². The Labute approximate surface area is 198 Å². The Hall–Kier alpha value is -2.87. The van der Waals surface area contributed by atoms with Gasteiger partial charge in [0.25, 0.3) is 5.91 Å². The smallest absolute Gasteiger partial charge is 0.268 e. The summed E-state index contributed by atoms with van der Waals surface area (Å²) in [5.41, 5.74) is 0.897. The van der Waals surface area contributed by atoms with Crippen LogP contribution in [0, 0.1) is 11.3 Å². The Kier molecular flexibility index (Phi) is 7.79. The molecular weight excluding hydrogens is 444 g/mol. The van der Waals surface area contributed by atoms with Crippen molar-refractivity contribution in [1.82, 2.24) is 20.9 Å². The van der Waals surface area contributed by atoms with E-state index in [1.165, 1.54) is 0 Å². The maximum atomic E-state index is 13.2. The number of H-pyrrole nitrogens is 1. The van der Waals surface area contributed by atoms with Crippen LogP contribution >= 0.6 is 11.6 Å². The molecule has 0 spiro atoms. The van der Waals surface area contributed by atoms with Crippen LogP contribution in [0.1, 0.15) is 50.5 Å². The molecule has 0 bridgehead atoms. The molecule has 0 aliphatic carbocycles. The highest BCUT2D eigenvalue weighted by Gasteiger charge is 2.34. The summed E-state index contributed by atoms with van der Waals surface area (Å²) in [6.45, 7) is 6.44. The zero-order valence-corrected chi connectivity index (χ0v) is 19.9. The van der Waals surface area contributed by atoms with Crippen LogP contribution in [0.2, 0.25) is 0 Å². The summed E-state index contributed by atoms with van der Waals surface area (Å²) in [4.78, 5) is 53.6. The maximum Gasteiger partial charge on any atom is 0.268 e. The van der Waals surface area contributed by atoms with Crippen molar-refractivity contribution in [1.29, 1.82) is 0 Å². The van der Waals surface area contributed by atoms with Gasteiger partial charge in [0.2, 0.25) is 11.8 Å². The summed E-state index contributed by atoms with van der Waals surface area (Å²) in [7, 11) is 0. The molecule has 0 saturated carbocycles. The molecule has 3 rings (SSSR count). The third-order valence-electron chi connectivity index (χ3n) is 5.73. The monoisotopic (exact) mass is 474 g/mol. The summed E-state index contributed by atoms with van der Waals surface area (Å²) in [6, 6.07) is 7.48. The first-order chi connectivity index (χ1) is 15.6. The van der Waals surface area contributed by atoms with Crippen molar-refractivity contribution in [2.75, 3.05) is 12.4 Å². The fourth-order valence-corrected chi connectivity index (χ4v) is 4.23. The molecule has 2 aromatic rings. The number of fused-ring (bicyclic) bond motifs is 1. The number of para-hydroxylation sites is 1. The minimum atomic E-state index is -0.892. The highest BCUT2D eigenvalue weighted by Crippen LogP contribution is 2.23. The standard InChI is InChI=1S/C24H31ClN4O4/c1-24(2,3)12-19(29-22(32)18-10-14-6-4-5-7-16(14)27-18)23(33)28-17(20(30)13-25)11-15-8-9-26-21(15)31/h4-7,10,15,17,19,27H,8-9,11-13H2,1-3H3,(H,26,31)(H,28,33)(H,29,32)/t15-,17?,19?/m0/s1. The molecule has 3 amide bonds. The summed E-state index contributed by atoms with van der Waals surface area (Å²) >= 11 is 5.77. The number of rotatable bonds is 9. The second-order valence-electron chi connectivity index (χ2n) is 9.73. The van der Waals surface area contributed by atoms with Crippen molar-refractivity contribution in [3.8, 4) is 0 Å². The Morgan fingerprint density at radius 3 is 2.48 bits per heavy atom. The number of amides is 3. The van der Waals surface area contributed by atoms with E-state index in [1.54, 1.807) is 6.07 Å². The molecule has 33 heavy (non-hydrogen) atoms. The van der Waals surface area contributed by atoms with Crippen LogP contribution in [-0.4, -0.2) is 53.0 Å². The number of halogens is 1. The van der Waals surface area contributed by atoms with Gasteiger partial charge in [0.15, 0.2) is 5.78 Å². The summed E-state index contributed by atoms with van der Waals surface area (Å²) in [6.07, 6.45) is 1.14. The molecule has 8 nitrogen and oxygen atoms in total. The first-order valence-electron chi connectivity index (χ1n) is 11.1. The van der Waals surface area contributed by atoms with Gasteiger partial charge in [0.1, 0.15) is 11.7 Å². The summed E-state index contributed by atoms with van der Waals surface area (Å²) in [5.74, 6) is -2.01. The molecule has 1 fully saturated rings. The predicted octanol–water partition coefficient (Wildman–Crippen LogP) is 2.52. The lowest BCUT2D eigenvalue weighted by Crippen LogP contribution is -2.53. The van der Waals surface area contributed by atoms with Crippen LogP contribution in [0.5, 0.6) is 0 Å². The number of carbonyl (C=O) groups is 4. The SMILES string of the molecule is CC(C)(C)CC(NC(=O)c1cc2ccccc2[nH]1)C(=O)NC(C[C@@H]1CCNC1=O)C(=O)CCl. The van der Waals surface area contributed by atoms with E-state index < -0.39 is 23.9 Å². The number of carbonyl (C=O) groups excluding carboxylic acids is 4. The molecule has 1 aliphatic heterocycles. The lowest BCUT2D eigenvalue weighted by atomic mass is 9.87. The van der Waals surface area contributed by atoms with Gasteiger partial charge >= 0.3 is 0 Å². The minimum Gasteiger partial charge on any atom is -0.356 e. The van der Waals surface area contributed by atoms with Gasteiger partial charge in [-0.15, -0.1) is 11.6 Å². The van der Waals surface area contributed by atoms with E-state index in [1.807, 2.05) is 45.0 Å². The first-order valence-corrected chi connectivity index (χ1v) is 11.7. The topological polar surface area (TPSA) is 120 Å². The van der Waals surface area contributed by atoms with Crippen molar-refractivity contribution >= 4 is 46.0 Å². The molecule has 178 valence electrons. The lowest BCUT2D eigenvalue weighted by Gasteiger charge is -2.28. The van der Waals surface area contributed by atoms with E-state index in [2.05, 4.69) is 20.9 Å². The van der Waals surface area contributed by atoms with Gasteiger partial charge in [-0.25, -0.2) is 0 Å². The molecule has 1 aromatic carbocycles. The van der Waals surface area contributed by atoms with Crippen LogP contribution in [0.25, 0.3) is 10.9 Å². The highest BCUT2D eigenvalue weighted by atomic mass is 35.5. The van der Waals surface area contributed by atoms with Gasteiger partial charge in [0, 0.05) is 23.4 Å². The van der Waals surface area contributed by atoms with Crippen molar-refractivity contribution in [3.05, 3.63) is 36.0 Å². The fourth-order valence-electron chi connectivity index (χ4n) is 4.04. The number of ketones is 1. The third-order valence-corrected chi connectivity index (χ3v) is 6.00. The predicted molar refractivity (Wildman–Crippen MR) is 127 cm³/mol. The number of benzene rings is 1. The normalized spacial score (nSPS) is 17.9. The van der Waals surface area contributed by atoms with Gasteiger partial charge < -0.3 is 20.9 Å². The number of aromatic amines is 1. The highest BCUT2D eigenvalue weighted by molar-refractivity contribution is 6.28. The molecule has 0 radical (unpaired) electrons. The summed E-state index contributed by atoms with van der Waals surface area (Å²) < 4.78 is 0. The molecule has 1 aromatic heterocycles. The quantitative estimate of drug-likeness (QED) is 0.417. The average Bonchev–Trinajstić information content (AvgIpc) is 3.37. The Morgan fingerprint density at radius 2 is 1.88 bits per heavy atom. The summed E-state index contributed by atoms with van der Waals surface area (Å²) in [5, 5.41) is 9.18. The van der Waals surface area contributed by atoms with Crippen LogP contribution < -0.4 is 16.0 Å². The Morgan fingerprint density at radius 1 is 1.15 bits per heavy atom. The van der Waals surface area contributed by atoms with Gasteiger partial charge in [-0.05, 0) is 36.8 Å². The molecule has 1 saturated heterocycles. The number of Topliss-reactive ketones (excluding diaryl/α,β-unsaturated/α-hetero) is 1. The van der Waals surface area contributed by atoms with E-state index in [-0.39, 0.29) is 35.3 Å². The average molecular weight is 475 g/mol. The number of alkyl halides is 1. The second-order valence-corrected chi connectivity index (χ2v) is 10.0. The molecule has 2 heterocycles. The molecule has 3 atom stereocenters. The zero-order chi connectivity index (χ0) is 24.2. The first kappa shape index (κ1) is 24.8. The van der Waals surface area contributed by atoms with Gasteiger partial charge in [-0.3, -0.25) is 19.2 Å². The molecular formula is C24H31ClN4O4. The van der Waals surface area contributed by atoms with Crippen molar-refractivity contribution < 1.29 is 19.2 Å². The van der Waals surface area contributed by atoms with E-state index in [4.69, 9.17) is 11.6 Å². The van der Waals surface area contributed by atoms with Gasteiger partial charge in [0.05, 0.1) is 11.9 Å². The van der Waals surface area contributed by atoms with Crippen molar-refractivity contribution in [2.24, 2.45) is 11.3 Å². The maximum absolute atomic E-state index is 13.2. The van der Waals surface area contributed by atoms with E-state index in [9.17, 15) is 19.2 Å². The number of aromatic nitrogens is 1. The largest absolute Gasteiger partial charge is 0.356 e. The minimum absolute atomic E-state index is 0.130. The molecule has 1 aliphatic rings. The van der Waals surface area contributed by atoms with E-state index in [0.29, 0.717) is 25.1 Å². The molecule has 9 heteroatoms. The van der Waals surface area contributed by atoms with Gasteiger partial charge in [-0.1, -0.05) is 39.0 Å².